The van der Waals surface area contributed by atoms with Gasteiger partial charge in [-0.3, -0.25) is 0 Å². The molecule has 0 fully saturated rings. The zero-order valence-electron chi connectivity index (χ0n) is 5.61. The van der Waals surface area contributed by atoms with Crippen molar-refractivity contribution in [2.24, 2.45) is 0 Å². The van der Waals surface area contributed by atoms with E-state index in [1.807, 2.05) is 0 Å². The maximum absolute atomic E-state index is 2.37. The summed E-state index contributed by atoms with van der Waals surface area (Å²) in [7, 11) is 1.17. The van der Waals surface area contributed by atoms with Crippen molar-refractivity contribution in [1.29, 1.82) is 0 Å². The lowest BCUT2D eigenvalue weighted by Gasteiger charge is -1.96. The summed E-state index contributed by atoms with van der Waals surface area (Å²) in [5.74, 6) is 0. The summed E-state index contributed by atoms with van der Waals surface area (Å²) in [4.78, 5) is 0. The molecule has 9 heavy (non-hydrogen) atoms. The molecule has 0 aliphatic rings. The van der Waals surface area contributed by atoms with Gasteiger partial charge in [0.2, 0.25) is 0 Å². The first-order valence-electron chi connectivity index (χ1n) is 2.93. The molecule has 0 spiro atoms. The number of rotatable bonds is 0. The second-order valence-electron chi connectivity index (χ2n) is 2.25. The van der Waals surface area contributed by atoms with Crippen molar-refractivity contribution in [1.82, 2.24) is 0 Å². The molecule has 0 unspecified atom stereocenters. The van der Waals surface area contributed by atoms with Gasteiger partial charge in [-0.15, -0.1) is 0 Å². The minimum Gasteiger partial charge on any atom is -0.0697 e. The van der Waals surface area contributed by atoms with E-state index in [4.69, 9.17) is 0 Å². The molecule has 0 aliphatic carbocycles. The monoisotopic (exact) mass is 248 g/mol. The highest BCUT2D eigenvalue weighted by Crippen LogP contribution is 2.06. The van der Waals surface area contributed by atoms with Crippen LogP contribution in [0, 0.1) is 10.5 Å². The Labute approximate surface area is 72.2 Å². The third-order valence-electron chi connectivity index (χ3n) is 1.33. The fraction of sp³-hybridized carbons (Fsp3) is 0.143. The second-order valence-corrected chi connectivity index (χ2v) is 4.57. The van der Waals surface area contributed by atoms with Crippen LogP contribution in [0.4, 0.5) is 0 Å². The van der Waals surface area contributed by atoms with Crippen molar-refractivity contribution >= 4 is 38.0 Å². The van der Waals surface area contributed by atoms with Crippen LogP contribution in [0.15, 0.2) is 18.2 Å². The fourth-order valence-corrected chi connectivity index (χ4v) is 2.41. The standard InChI is InChI=1S/C7H9ISi/c1-5-2-3-6(9)4-7(5)8/h2-4H,1,9H3. The van der Waals surface area contributed by atoms with E-state index >= 15 is 0 Å². The van der Waals surface area contributed by atoms with Gasteiger partial charge in [0, 0.05) is 13.8 Å². The Kier molecular flexibility index (Phi) is 2.29. The van der Waals surface area contributed by atoms with E-state index < -0.39 is 0 Å². The molecule has 0 radical (unpaired) electrons. The van der Waals surface area contributed by atoms with Gasteiger partial charge in [0.15, 0.2) is 0 Å². The molecule has 48 valence electrons. The Balaban J connectivity index is 3.17. The molecule has 1 rings (SSSR count). The molecular weight excluding hydrogens is 239 g/mol. The van der Waals surface area contributed by atoms with Gasteiger partial charge < -0.3 is 0 Å². The summed E-state index contributed by atoms with van der Waals surface area (Å²) >= 11 is 2.37. The van der Waals surface area contributed by atoms with Crippen LogP contribution in [0.1, 0.15) is 5.56 Å². The Bertz CT molecular complexity index is 220. The molecule has 1 aromatic rings. The van der Waals surface area contributed by atoms with Crippen LogP contribution >= 0.6 is 22.6 Å². The molecule has 0 aromatic heterocycles. The maximum atomic E-state index is 2.37. The van der Waals surface area contributed by atoms with Crippen LogP contribution < -0.4 is 5.19 Å². The third kappa shape index (κ3) is 1.79. The van der Waals surface area contributed by atoms with Crippen LogP contribution in [0.3, 0.4) is 0 Å². The molecule has 0 atom stereocenters. The van der Waals surface area contributed by atoms with Gasteiger partial charge in [0.05, 0.1) is 0 Å². The fourth-order valence-electron chi connectivity index (χ4n) is 0.698. The average molecular weight is 248 g/mol. The molecule has 2 heteroatoms. The van der Waals surface area contributed by atoms with Crippen LogP contribution in [-0.4, -0.2) is 10.2 Å². The molecule has 0 N–H and O–H groups in total. The van der Waals surface area contributed by atoms with Gasteiger partial charge in [-0.1, -0.05) is 23.4 Å². The van der Waals surface area contributed by atoms with Crippen molar-refractivity contribution in [3.05, 3.63) is 27.3 Å². The first-order chi connectivity index (χ1) is 4.20. The van der Waals surface area contributed by atoms with E-state index in [2.05, 4.69) is 47.7 Å². The number of halogens is 1. The minimum atomic E-state index is 1.17. The quantitative estimate of drug-likeness (QED) is 0.465. The number of benzene rings is 1. The van der Waals surface area contributed by atoms with Crippen molar-refractivity contribution < 1.29 is 0 Å². The van der Waals surface area contributed by atoms with E-state index in [0.29, 0.717) is 0 Å². The van der Waals surface area contributed by atoms with Crippen LogP contribution in [0.5, 0.6) is 0 Å². The van der Waals surface area contributed by atoms with E-state index in [0.717, 1.165) is 0 Å². The molecular formula is C7H9ISi. The summed E-state index contributed by atoms with van der Waals surface area (Å²) in [6.45, 7) is 2.14. The van der Waals surface area contributed by atoms with Crippen molar-refractivity contribution in [3.8, 4) is 0 Å². The van der Waals surface area contributed by atoms with Crippen LogP contribution in [-0.2, 0) is 0 Å². The van der Waals surface area contributed by atoms with Crippen molar-refractivity contribution in [2.45, 2.75) is 6.92 Å². The first kappa shape index (κ1) is 7.28. The molecule has 0 nitrogen and oxygen atoms in total. The lowest BCUT2D eigenvalue weighted by atomic mass is 10.2. The molecule has 0 aliphatic heterocycles. The summed E-state index contributed by atoms with van der Waals surface area (Å²) in [5.41, 5.74) is 1.38. The molecule has 0 saturated carbocycles. The smallest absolute Gasteiger partial charge is 0.0385 e. The zero-order chi connectivity index (χ0) is 6.85. The highest BCUT2D eigenvalue weighted by atomic mass is 127. The molecule has 0 heterocycles. The van der Waals surface area contributed by atoms with Gasteiger partial charge >= 0.3 is 0 Å². The van der Waals surface area contributed by atoms with Crippen molar-refractivity contribution in [2.75, 3.05) is 0 Å². The SMILES string of the molecule is Cc1ccc([SiH3])cc1I. The first-order valence-corrected chi connectivity index (χ1v) is 5.01. The van der Waals surface area contributed by atoms with E-state index in [1.54, 1.807) is 0 Å². The van der Waals surface area contributed by atoms with Crippen LogP contribution in [0.25, 0.3) is 0 Å². The largest absolute Gasteiger partial charge is 0.0697 e. The highest BCUT2D eigenvalue weighted by molar-refractivity contribution is 14.1. The van der Waals surface area contributed by atoms with Gasteiger partial charge in [-0.05, 0) is 35.1 Å². The summed E-state index contributed by atoms with van der Waals surface area (Å²) in [6, 6.07) is 6.63. The summed E-state index contributed by atoms with van der Waals surface area (Å²) < 4.78 is 1.39. The summed E-state index contributed by atoms with van der Waals surface area (Å²) in [6.07, 6.45) is 0. The predicted molar refractivity (Wildman–Crippen MR) is 53.5 cm³/mol. The number of hydrogen-bond donors (Lipinski definition) is 0. The Hall–Kier alpha value is 0.167. The molecule has 1 aromatic carbocycles. The predicted octanol–water partition coefficient (Wildman–Crippen LogP) is 0.590. The number of hydrogen-bond acceptors (Lipinski definition) is 0. The molecule has 0 amide bonds. The maximum Gasteiger partial charge on any atom is 0.0385 e. The van der Waals surface area contributed by atoms with E-state index in [-0.39, 0.29) is 0 Å². The second kappa shape index (κ2) is 2.83. The van der Waals surface area contributed by atoms with Gasteiger partial charge in [0.1, 0.15) is 0 Å². The molecule has 0 bridgehead atoms. The van der Waals surface area contributed by atoms with Gasteiger partial charge in [0.25, 0.3) is 0 Å². The zero-order valence-corrected chi connectivity index (χ0v) is 9.77. The van der Waals surface area contributed by atoms with E-state index in [9.17, 15) is 0 Å². The Morgan fingerprint density at radius 2 is 2.11 bits per heavy atom. The lowest BCUT2D eigenvalue weighted by Crippen LogP contribution is -2.01. The van der Waals surface area contributed by atoms with Crippen molar-refractivity contribution in [3.63, 3.8) is 0 Å². The Morgan fingerprint density at radius 1 is 1.44 bits per heavy atom. The third-order valence-corrected chi connectivity index (χ3v) is 3.11. The topological polar surface area (TPSA) is 0 Å². The highest BCUT2D eigenvalue weighted by Gasteiger charge is 1.90. The number of aryl methyl sites for hydroxylation is 1. The average Bonchev–Trinajstić information content (AvgIpc) is 1.80. The van der Waals surface area contributed by atoms with Gasteiger partial charge in [-0.25, -0.2) is 0 Å². The normalized spacial score (nSPS) is 10.0. The minimum absolute atomic E-state index is 1.17. The van der Waals surface area contributed by atoms with Crippen LogP contribution in [0.2, 0.25) is 0 Å². The lowest BCUT2D eigenvalue weighted by molar-refractivity contribution is 1.44. The Morgan fingerprint density at radius 3 is 2.56 bits per heavy atom. The summed E-state index contributed by atoms with van der Waals surface area (Å²) in [5, 5.41) is 1.48. The van der Waals surface area contributed by atoms with Gasteiger partial charge in [-0.2, -0.15) is 0 Å². The van der Waals surface area contributed by atoms with E-state index in [1.165, 1.54) is 24.6 Å². The molecule has 0 saturated heterocycles.